The first-order chi connectivity index (χ1) is 5.24. The molecule has 1 N–H and O–H groups in total. The third kappa shape index (κ3) is 2.33. The van der Waals surface area contributed by atoms with Gasteiger partial charge in [0, 0.05) is 12.1 Å². The van der Waals surface area contributed by atoms with E-state index in [0.29, 0.717) is 12.1 Å². The van der Waals surface area contributed by atoms with E-state index < -0.39 is 0 Å². The summed E-state index contributed by atoms with van der Waals surface area (Å²) in [7, 11) is 0. The molecule has 2 unspecified atom stereocenters. The molecule has 1 rings (SSSR count). The summed E-state index contributed by atoms with van der Waals surface area (Å²) < 4.78 is 0. The maximum absolute atomic E-state index is 3.62. The second-order valence-electron chi connectivity index (χ2n) is 3.70. The molecule has 0 aliphatic carbocycles. The van der Waals surface area contributed by atoms with Gasteiger partial charge in [-0.1, -0.05) is 32.9 Å². The lowest BCUT2D eigenvalue weighted by Gasteiger charge is -2.28. The van der Waals surface area contributed by atoms with Gasteiger partial charge in [0.1, 0.15) is 0 Å². The molecule has 1 heteroatoms. The Hall–Kier alpha value is -0.300. The molecule has 0 radical (unpaired) electrons. The van der Waals surface area contributed by atoms with Gasteiger partial charge in [0.15, 0.2) is 0 Å². The van der Waals surface area contributed by atoms with Crippen LogP contribution in [-0.4, -0.2) is 12.1 Å². The zero-order valence-electron chi connectivity index (χ0n) is 7.80. The van der Waals surface area contributed by atoms with Gasteiger partial charge in [-0.2, -0.15) is 0 Å². The van der Waals surface area contributed by atoms with E-state index in [4.69, 9.17) is 0 Å². The molecule has 1 aliphatic rings. The molecule has 0 aromatic heterocycles. The smallest absolute Gasteiger partial charge is 0.0250 e. The normalized spacial score (nSPS) is 31.3. The maximum atomic E-state index is 3.62. The summed E-state index contributed by atoms with van der Waals surface area (Å²) >= 11 is 0. The monoisotopic (exact) mass is 153 g/mol. The molecule has 0 aromatic carbocycles. The third-order valence-corrected chi connectivity index (χ3v) is 2.43. The highest BCUT2D eigenvalue weighted by Gasteiger charge is 2.17. The van der Waals surface area contributed by atoms with Gasteiger partial charge in [0.05, 0.1) is 0 Å². The topological polar surface area (TPSA) is 12.0 Å². The van der Waals surface area contributed by atoms with E-state index in [1.165, 1.54) is 12.8 Å². The van der Waals surface area contributed by atoms with Crippen molar-refractivity contribution in [1.82, 2.24) is 5.32 Å². The van der Waals surface area contributed by atoms with Gasteiger partial charge in [-0.15, -0.1) is 0 Å². The van der Waals surface area contributed by atoms with Crippen LogP contribution < -0.4 is 5.32 Å². The zero-order valence-corrected chi connectivity index (χ0v) is 7.80. The standard InChI is InChI=1S/C10H19N/c1-4-9-6-5-7-10(11-9)8(2)3/h5-6,8-11H,4,7H2,1-3H3. The predicted octanol–water partition coefficient (Wildman–Crippen LogP) is 2.34. The molecule has 1 nitrogen and oxygen atoms in total. The van der Waals surface area contributed by atoms with E-state index >= 15 is 0 Å². The molecule has 0 spiro atoms. The van der Waals surface area contributed by atoms with Crippen LogP contribution in [0.4, 0.5) is 0 Å². The minimum absolute atomic E-state index is 0.621. The summed E-state index contributed by atoms with van der Waals surface area (Å²) in [5.41, 5.74) is 0. The quantitative estimate of drug-likeness (QED) is 0.600. The molecule has 11 heavy (non-hydrogen) atoms. The molecule has 2 atom stereocenters. The van der Waals surface area contributed by atoms with E-state index in [2.05, 4.69) is 38.2 Å². The van der Waals surface area contributed by atoms with Crippen molar-refractivity contribution in [2.75, 3.05) is 0 Å². The van der Waals surface area contributed by atoms with Crippen molar-refractivity contribution < 1.29 is 0 Å². The summed E-state index contributed by atoms with van der Waals surface area (Å²) in [6.07, 6.45) is 7.02. The molecule has 0 saturated carbocycles. The lowest BCUT2D eigenvalue weighted by molar-refractivity contribution is 0.359. The van der Waals surface area contributed by atoms with E-state index in [9.17, 15) is 0 Å². The highest BCUT2D eigenvalue weighted by Crippen LogP contribution is 2.13. The third-order valence-electron chi connectivity index (χ3n) is 2.43. The Morgan fingerprint density at radius 1 is 1.55 bits per heavy atom. The molecular formula is C10H19N. The summed E-state index contributed by atoms with van der Waals surface area (Å²) in [5, 5.41) is 3.62. The first kappa shape index (κ1) is 8.79. The lowest BCUT2D eigenvalue weighted by Crippen LogP contribution is -2.42. The predicted molar refractivity (Wildman–Crippen MR) is 49.6 cm³/mol. The fraction of sp³-hybridized carbons (Fsp3) is 0.800. The first-order valence-electron chi connectivity index (χ1n) is 4.66. The molecule has 64 valence electrons. The first-order valence-corrected chi connectivity index (χ1v) is 4.66. The van der Waals surface area contributed by atoms with Crippen molar-refractivity contribution in [3.63, 3.8) is 0 Å². The highest BCUT2D eigenvalue weighted by molar-refractivity contribution is 5.01. The molecule has 0 bridgehead atoms. The van der Waals surface area contributed by atoms with E-state index in [1.807, 2.05) is 0 Å². The lowest BCUT2D eigenvalue weighted by atomic mass is 9.95. The van der Waals surface area contributed by atoms with Crippen molar-refractivity contribution in [3.05, 3.63) is 12.2 Å². The second kappa shape index (κ2) is 3.91. The second-order valence-corrected chi connectivity index (χ2v) is 3.70. The van der Waals surface area contributed by atoms with Gasteiger partial charge < -0.3 is 5.32 Å². The number of hydrogen-bond donors (Lipinski definition) is 1. The Bertz CT molecular complexity index is 138. The van der Waals surface area contributed by atoms with E-state index in [-0.39, 0.29) is 0 Å². The van der Waals surface area contributed by atoms with E-state index in [1.54, 1.807) is 0 Å². The van der Waals surface area contributed by atoms with Crippen LogP contribution in [0.15, 0.2) is 12.2 Å². The van der Waals surface area contributed by atoms with Crippen LogP contribution >= 0.6 is 0 Å². The SMILES string of the molecule is CCC1C=CCC(C(C)C)N1. The van der Waals surface area contributed by atoms with Crippen LogP contribution in [0.5, 0.6) is 0 Å². The minimum Gasteiger partial charge on any atom is -0.307 e. The molecule has 0 aromatic rings. The minimum atomic E-state index is 0.621. The molecule has 1 heterocycles. The Kier molecular flexibility index (Phi) is 3.13. The van der Waals surface area contributed by atoms with Gasteiger partial charge in [-0.3, -0.25) is 0 Å². The molecule has 0 amide bonds. The average molecular weight is 153 g/mol. The van der Waals surface area contributed by atoms with Crippen molar-refractivity contribution >= 4 is 0 Å². The van der Waals surface area contributed by atoms with Crippen LogP contribution in [-0.2, 0) is 0 Å². The van der Waals surface area contributed by atoms with Gasteiger partial charge in [-0.25, -0.2) is 0 Å². The fourth-order valence-corrected chi connectivity index (χ4v) is 1.51. The number of nitrogens with one attached hydrogen (secondary N) is 1. The highest BCUT2D eigenvalue weighted by atomic mass is 15.0. The van der Waals surface area contributed by atoms with Crippen molar-refractivity contribution in [2.45, 2.75) is 45.7 Å². The molecule has 0 fully saturated rings. The summed E-state index contributed by atoms with van der Waals surface area (Å²) in [4.78, 5) is 0. The van der Waals surface area contributed by atoms with Crippen LogP contribution in [0, 0.1) is 5.92 Å². The van der Waals surface area contributed by atoms with Crippen molar-refractivity contribution in [1.29, 1.82) is 0 Å². The molecule has 1 aliphatic heterocycles. The van der Waals surface area contributed by atoms with Crippen LogP contribution in [0.1, 0.15) is 33.6 Å². The Labute approximate surface area is 69.9 Å². The van der Waals surface area contributed by atoms with E-state index in [0.717, 1.165) is 5.92 Å². The summed E-state index contributed by atoms with van der Waals surface area (Å²) in [6.45, 7) is 6.79. The summed E-state index contributed by atoms with van der Waals surface area (Å²) in [6, 6.07) is 1.32. The Balaban J connectivity index is 2.44. The maximum Gasteiger partial charge on any atom is 0.0250 e. The number of rotatable bonds is 2. The van der Waals surface area contributed by atoms with Gasteiger partial charge in [0.25, 0.3) is 0 Å². The number of hydrogen-bond acceptors (Lipinski definition) is 1. The van der Waals surface area contributed by atoms with Crippen molar-refractivity contribution in [3.8, 4) is 0 Å². The van der Waals surface area contributed by atoms with Crippen LogP contribution in [0.25, 0.3) is 0 Å². The average Bonchev–Trinajstić information content (AvgIpc) is 2.05. The summed E-state index contributed by atoms with van der Waals surface area (Å²) in [5.74, 6) is 0.758. The van der Waals surface area contributed by atoms with Crippen LogP contribution in [0.2, 0.25) is 0 Å². The van der Waals surface area contributed by atoms with Gasteiger partial charge in [0.2, 0.25) is 0 Å². The molecule has 0 saturated heterocycles. The van der Waals surface area contributed by atoms with Crippen molar-refractivity contribution in [2.24, 2.45) is 5.92 Å². The van der Waals surface area contributed by atoms with Gasteiger partial charge >= 0.3 is 0 Å². The fourth-order valence-electron chi connectivity index (χ4n) is 1.51. The molecular weight excluding hydrogens is 134 g/mol. The Morgan fingerprint density at radius 2 is 2.27 bits per heavy atom. The van der Waals surface area contributed by atoms with Crippen LogP contribution in [0.3, 0.4) is 0 Å². The zero-order chi connectivity index (χ0) is 8.27. The Morgan fingerprint density at radius 3 is 2.82 bits per heavy atom. The van der Waals surface area contributed by atoms with Gasteiger partial charge in [-0.05, 0) is 18.8 Å². The largest absolute Gasteiger partial charge is 0.307 e.